The molecule has 1 heterocycles. The molecule has 0 bridgehead atoms. The topological polar surface area (TPSA) is 54.3 Å². The first-order chi connectivity index (χ1) is 9.24. The van der Waals surface area contributed by atoms with Crippen molar-refractivity contribution in [3.63, 3.8) is 0 Å². The molecule has 0 aromatic heterocycles. The first-order valence-corrected chi connectivity index (χ1v) is 7.12. The van der Waals surface area contributed by atoms with Crippen LogP contribution >= 0.6 is 15.9 Å². The lowest BCUT2D eigenvalue weighted by Gasteiger charge is -2.17. The summed E-state index contributed by atoms with van der Waals surface area (Å²) in [5, 5.41) is 12.6. The van der Waals surface area contributed by atoms with E-state index in [9.17, 15) is 5.26 Å². The fraction of sp³-hybridized carbons (Fsp3) is 0.500. The van der Waals surface area contributed by atoms with Gasteiger partial charge in [-0.25, -0.2) is 0 Å². The molecule has 1 aliphatic rings. The van der Waals surface area contributed by atoms with Gasteiger partial charge in [0.25, 0.3) is 0 Å². The maximum absolute atomic E-state index is 9.33. The minimum atomic E-state index is -0.367. The highest BCUT2D eigenvalue weighted by Gasteiger charge is 2.19. The van der Waals surface area contributed by atoms with Crippen molar-refractivity contribution in [1.29, 1.82) is 5.26 Å². The summed E-state index contributed by atoms with van der Waals surface area (Å²) in [5.74, 6) is 0.748. The van der Waals surface area contributed by atoms with E-state index >= 15 is 0 Å². The second kappa shape index (κ2) is 6.90. The summed E-state index contributed by atoms with van der Waals surface area (Å²) >= 11 is 3.48. The van der Waals surface area contributed by atoms with Crippen molar-refractivity contribution in [2.45, 2.75) is 25.0 Å². The van der Waals surface area contributed by atoms with E-state index in [1.54, 1.807) is 7.11 Å². The van der Waals surface area contributed by atoms with Gasteiger partial charge in [0.2, 0.25) is 0 Å². The molecular weight excluding hydrogens is 308 g/mol. The summed E-state index contributed by atoms with van der Waals surface area (Å²) in [4.78, 5) is 0. The predicted molar refractivity (Wildman–Crippen MR) is 76.0 cm³/mol. The minimum Gasteiger partial charge on any atom is -0.497 e. The van der Waals surface area contributed by atoms with Crippen LogP contribution in [0, 0.1) is 11.3 Å². The third-order valence-electron chi connectivity index (χ3n) is 3.22. The SMILES string of the molecule is COc1ccc(Br)c(C(C#N)NCC2CCCO2)c1. The molecule has 1 aliphatic heterocycles. The van der Waals surface area contributed by atoms with Gasteiger partial charge < -0.3 is 9.47 Å². The predicted octanol–water partition coefficient (Wildman–Crippen LogP) is 2.79. The quantitative estimate of drug-likeness (QED) is 0.904. The summed E-state index contributed by atoms with van der Waals surface area (Å²) in [6.45, 7) is 1.52. The lowest BCUT2D eigenvalue weighted by molar-refractivity contribution is 0.109. The van der Waals surface area contributed by atoms with Gasteiger partial charge in [0.1, 0.15) is 11.8 Å². The molecule has 1 aromatic carbocycles. The van der Waals surface area contributed by atoms with Crippen molar-refractivity contribution in [2.24, 2.45) is 0 Å². The van der Waals surface area contributed by atoms with Crippen molar-refractivity contribution in [2.75, 3.05) is 20.3 Å². The largest absolute Gasteiger partial charge is 0.497 e. The van der Waals surface area contributed by atoms with Crippen LogP contribution in [0.5, 0.6) is 5.75 Å². The molecule has 0 amide bonds. The molecule has 5 heteroatoms. The number of hydrogen-bond donors (Lipinski definition) is 1. The Labute approximate surface area is 121 Å². The molecule has 0 spiro atoms. The molecule has 19 heavy (non-hydrogen) atoms. The van der Waals surface area contributed by atoms with Gasteiger partial charge in [0.05, 0.1) is 19.3 Å². The van der Waals surface area contributed by atoms with E-state index in [2.05, 4.69) is 27.3 Å². The van der Waals surface area contributed by atoms with E-state index in [0.717, 1.165) is 35.2 Å². The Morgan fingerprint density at radius 3 is 3.11 bits per heavy atom. The average molecular weight is 325 g/mol. The molecule has 0 radical (unpaired) electrons. The van der Waals surface area contributed by atoms with Gasteiger partial charge in [-0.2, -0.15) is 5.26 Å². The number of halogens is 1. The zero-order chi connectivity index (χ0) is 13.7. The maximum atomic E-state index is 9.33. The molecule has 1 N–H and O–H groups in total. The number of rotatable bonds is 5. The molecule has 0 saturated carbocycles. The van der Waals surface area contributed by atoms with Crippen molar-refractivity contribution in [3.05, 3.63) is 28.2 Å². The van der Waals surface area contributed by atoms with Crippen LogP contribution in [-0.4, -0.2) is 26.4 Å². The molecular formula is C14H17BrN2O2. The van der Waals surface area contributed by atoms with E-state index < -0.39 is 0 Å². The van der Waals surface area contributed by atoms with E-state index in [4.69, 9.17) is 9.47 Å². The molecule has 2 rings (SSSR count). The summed E-state index contributed by atoms with van der Waals surface area (Å²) in [6.07, 6.45) is 2.39. The highest BCUT2D eigenvalue weighted by molar-refractivity contribution is 9.10. The standard InChI is InChI=1S/C14H17BrN2O2/c1-18-10-4-5-13(15)12(7-10)14(8-16)17-9-11-3-2-6-19-11/h4-5,7,11,14,17H,2-3,6,9H2,1H3. The van der Waals surface area contributed by atoms with Gasteiger partial charge in [-0.15, -0.1) is 0 Å². The van der Waals surface area contributed by atoms with Crippen molar-refractivity contribution in [3.8, 4) is 11.8 Å². The van der Waals surface area contributed by atoms with Crippen LogP contribution in [-0.2, 0) is 4.74 Å². The van der Waals surface area contributed by atoms with Gasteiger partial charge in [-0.05, 0) is 31.0 Å². The van der Waals surface area contributed by atoms with Crippen LogP contribution in [0.25, 0.3) is 0 Å². The number of nitrogens with one attached hydrogen (secondary N) is 1. The van der Waals surface area contributed by atoms with Crippen molar-refractivity contribution >= 4 is 15.9 Å². The smallest absolute Gasteiger partial charge is 0.122 e. The molecule has 2 unspecified atom stereocenters. The zero-order valence-corrected chi connectivity index (χ0v) is 12.4. The van der Waals surface area contributed by atoms with Gasteiger partial charge in [0, 0.05) is 23.2 Å². The van der Waals surface area contributed by atoms with Gasteiger partial charge >= 0.3 is 0 Å². The number of benzene rings is 1. The third kappa shape index (κ3) is 3.69. The number of hydrogen-bond acceptors (Lipinski definition) is 4. The fourth-order valence-corrected chi connectivity index (χ4v) is 2.63. The highest BCUT2D eigenvalue weighted by Crippen LogP contribution is 2.27. The number of nitrogens with zero attached hydrogens (tertiary/aromatic N) is 1. The molecule has 2 atom stereocenters. The molecule has 102 valence electrons. The van der Waals surface area contributed by atoms with Gasteiger partial charge in [0.15, 0.2) is 0 Å². The Balaban J connectivity index is 2.05. The Morgan fingerprint density at radius 2 is 2.47 bits per heavy atom. The molecule has 0 aliphatic carbocycles. The van der Waals surface area contributed by atoms with E-state index in [-0.39, 0.29) is 12.1 Å². The maximum Gasteiger partial charge on any atom is 0.122 e. The fourth-order valence-electron chi connectivity index (χ4n) is 2.15. The first kappa shape index (κ1) is 14.3. The minimum absolute atomic E-state index is 0.222. The highest BCUT2D eigenvalue weighted by atomic mass is 79.9. The second-order valence-electron chi connectivity index (χ2n) is 4.49. The van der Waals surface area contributed by atoms with E-state index in [1.807, 2.05) is 18.2 Å². The van der Waals surface area contributed by atoms with E-state index in [1.165, 1.54) is 0 Å². The Morgan fingerprint density at radius 1 is 1.63 bits per heavy atom. The Hall–Kier alpha value is -1.09. The number of nitriles is 1. The number of methoxy groups -OCH3 is 1. The second-order valence-corrected chi connectivity index (χ2v) is 5.35. The van der Waals surface area contributed by atoms with Crippen LogP contribution < -0.4 is 10.1 Å². The Bertz CT molecular complexity index is 467. The summed E-state index contributed by atoms with van der Waals surface area (Å²) in [6, 6.07) is 7.55. The first-order valence-electron chi connectivity index (χ1n) is 6.32. The van der Waals surface area contributed by atoms with Crippen molar-refractivity contribution in [1.82, 2.24) is 5.32 Å². The number of ether oxygens (including phenoxy) is 2. The normalized spacial score (nSPS) is 19.9. The lowest BCUT2D eigenvalue weighted by atomic mass is 10.1. The molecule has 4 nitrogen and oxygen atoms in total. The summed E-state index contributed by atoms with van der Waals surface area (Å²) in [5.41, 5.74) is 0.889. The molecule has 1 aromatic rings. The Kier molecular flexibility index (Phi) is 5.20. The molecule has 1 fully saturated rings. The lowest BCUT2D eigenvalue weighted by Crippen LogP contribution is -2.29. The van der Waals surface area contributed by atoms with Crippen LogP contribution in [0.4, 0.5) is 0 Å². The van der Waals surface area contributed by atoms with Crippen LogP contribution in [0.1, 0.15) is 24.4 Å². The molecule has 1 saturated heterocycles. The van der Waals surface area contributed by atoms with Gasteiger partial charge in [-0.1, -0.05) is 15.9 Å². The zero-order valence-electron chi connectivity index (χ0n) is 10.9. The van der Waals surface area contributed by atoms with Crippen molar-refractivity contribution < 1.29 is 9.47 Å². The average Bonchev–Trinajstić information content (AvgIpc) is 2.94. The van der Waals surface area contributed by atoms with Crippen LogP contribution in [0.3, 0.4) is 0 Å². The van der Waals surface area contributed by atoms with Crippen LogP contribution in [0.15, 0.2) is 22.7 Å². The monoisotopic (exact) mass is 324 g/mol. The van der Waals surface area contributed by atoms with Crippen LogP contribution in [0.2, 0.25) is 0 Å². The summed E-state index contributed by atoms with van der Waals surface area (Å²) < 4.78 is 11.7. The van der Waals surface area contributed by atoms with Gasteiger partial charge in [-0.3, -0.25) is 5.32 Å². The summed E-state index contributed by atoms with van der Waals surface area (Å²) in [7, 11) is 1.62. The van der Waals surface area contributed by atoms with E-state index in [0.29, 0.717) is 6.54 Å². The third-order valence-corrected chi connectivity index (χ3v) is 3.94.